The first-order valence-electron chi connectivity index (χ1n) is 8.97. The minimum absolute atomic E-state index is 0.172. The molecule has 0 aliphatic carbocycles. The van der Waals surface area contributed by atoms with Gasteiger partial charge in [-0.25, -0.2) is 8.42 Å². The fourth-order valence-corrected chi connectivity index (χ4v) is 4.67. The SMILES string of the molecule is CCCCCCN1CCN(S(=O)(=O)c2cc(OC)ccc2OC)CC1. The Morgan fingerprint density at radius 3 is 2.32 bits per heavy atom. The Morgan fingerprint density at radius 2 is 1.72 bits per heavy atom. The summed E-state index contributed by atoms with van der Waals surface area (Å²) in [7, 11) is -0.584. The number of piperazine rings is 1. The Morgan fingerprint density at radius 1 is 1.00 bits per heavy atom. The van der Waals surface area contributed by atoms with E-state index in [2.05, 4.69) is 11.8 Å². The van der Waals surface area contributed by atoms with Crippen molar-refractivity contribution in [3.63, 3.8) is 0 Å². The van der Waals surface area contributed by atoms with Crippen molar-refractivity contribution in [1.29, 1.82) is 0 Å². The molecule has 25 heavy (non-hydrogen) atoms. The second-order valence-corrected chi connectivity index (χ2v) is 8.23. The molecule has 1 heterocycles. The average Bonchev–Trinajstić information content (AvgIpc) is 2.65. The van der Waals surface area contributed by atoms with Gasteiger partial charge in [-0.15, -0.1) is 0 Å². The van der Waals surface area contributed by atoms with Crippen LogP contribution in [0.25, 0.3) is 0 Å². The van der Waals surface area contributed by atoms with Gasteiger partial charge in [-0.2, -0.15) is 4.31 Å². The lowest BCUT2D eigenvalue weighted by Gasteiger charge is -2.34. The number of methoxy groups -OCH3 is 2. The van der Waals surface area contributed by atoms with Gasteiger partial charge in [0.15, 0.2) is 0 Å². The van der Waals surface area contributed by atoms with Gasteiger partial charge in [0, 0.05) is 32.2 Å². The highest BCUT2D eigenvalue weighted by Gasteiger charge is 2.31. The standard InChI is InChI=1S/C18H30N2O4S/c1-4-5-6-7-10-19-11-13-20(14-12-19)25(21,22)18-15-16(23-2)8-9-17(18)24-3/h8-9,15H,4-7,10-14H2,1-3H3. The van der Waals surface area contributed by atoms with Crippen molar-refractivity contribution in [2.45, 2.75) is 37.5 Å². The topological polar surface area (TPSA) is 59.1 Å². The Hall–Kier alpha value is -1.31. The lowest BCUT2D eigenvalue weighted by Crippen LogP contribution is -2.48. The monoisotopic (exact) mass is 370 g/mol. The van der Waals surface area contributed by atoms with Gasteiger partial charge >= 0.3 is 0 Å². The molecule has 142 valence electrons. The predicted octanol–water partition coefficient (Wildman–Crippen LogP) is 2.59. The first-order chi connectivity index (χ1) is 12.0. The maximum absolute atomic E-state index is 13.0. The van der Waals surface area contributed by atoms with Crippen LogP contribution >= 0.6 is 0 Å². The second-order valence-electron chi connectivity index (χ2n) is 6.32. The van der Waals surface area contributed by atoms with Crippen LogP contribution in [0.3, 0.4) is 0 Å². The zero-order valence-electron chi connectivity index (χ0n) is 15.5. The fraction of sp³-hybridized carbons (Fsp3) is 0.667. The molecule has 0 unspecified atom stereocenters. The maximum Gasteiger partial charge on any atom is 0.246 e. The van der Waals surface area contributed by atoms with E-state index in [9.17, 15) is 8.42 Å². The molecule has 0 aromatic heterocycles. The first kappa shape index (κ1) is 20.0. The number of sulfonamides is 1. The lowest BCUT2D eigenvalue weighted by atomic mass is 10.2. The Balaban J connectivity index is 2.02. The number of ether oxygens (including phenoxy) is 2. The van der Waals surface area contributed by atoms with Crippen LogP contribution in [-0.2, 0) is 10.0 Å². The molecule has 0 N–H and O–H groups in total. The molecule has 7 heteroatoms. The van der Waals surface area contributed by atoms with E-state index in [-0.39, 0.29) is 4.90 Å². The fourth-order valence-electron chi connectivity index (χ4n) is 3.08. The summed E-state index contributed by atoms with van der Waals surface area (Å²) in [6, 6.07) is 4.87. The Kier molecular flexibility index (Phi) is 7.53. The van der Waals surface area contributed by atoms with E-state index in [1.165, 1.54) is 46.0 Å². The molecular formula is C18H30N2O4S. The van der Waals surface area contributed by atoms with E-state index in [0.717, 1.165) is 19.6 Å². The highest BCUT2D eigenvalue weighted by Crippen LogP contribution is 2.31. The van der Waals surface area contributed by atoms with Gasteiger partial charge in [-0.3, -0.25) is 0 Å². The van der Waals surface area contributed by atoms with Crippen molar-refractivity contribution in [3.05, 3.63) is 18.2 Å². The van der Waals surface area contributed by atoms with Crippen LogP contribution in [0, 0.1) is 0 Å². The summed E-state index contributed by atoms with van der Waals surface area (Å²) in [5.41, 5.74) is 0. The maximum atomic E-state index is 13.0. The quantitative estimate of drug-likeness (QED) is 0.625. The van der Waals surface area contributed by atoms with E-state index < -0.39 is 10.0 Å². The number of hydrogen-bond acceptors (Lipinski definition) is 5. The first-order valence-corrected chi connectivity index (χ1v) is 10.4. The molecule has 1 fully saturated rings. The highest BCUT2D eigenvalue weighted by molar-refractivity contribution is 7.89. The van der Waals surface area contributed by atoms with Crippen molar-refractivity contribution in [2.24, 2.45) is 0 Å². The molecule has 6 nitrogen and oxygen atoms in total. The largest absolute Gasteiger partial charge is 0.497 e. The van der Waals surface area contributed by atoms with Crippen molar-refractivity contribution in [3.8, 4) is 11.5 Å². The van der Waals surface area contributed by atoms with Crippen LogP contribution in [-0.4, -0.2) is 64.6 Å². The predicted molar refractivity (Wildman–Crippen MR) is 98.9 cm³/mol. The van der Waals surface area contributed by atoms with Crippen molar-refractivity contribution >= 4 is 10.0 Å². The summed E-state index contributed by atoms with van der Waals surface area (Å²) in [5.74, 6) is 0.858. The van der Waals surface area contributed by atoms with Gasteiger partial charge in [0.05, 0.1) is 14.2 Å². The van der Waals surface area contributed by atoms with E-state index >= 15 is 0 Å². The molecule has 0 atom stereocenters. The minimum atomic E-state index is -3.59. The molecular weight excluding hydrogens is 340 g/mol. The number of hydrogen-bond donors (Lipinski definition) is 0. The zero-order valence-corrected chi connectivity index (χ0v) is 16.3. The molecule has 1 aliphatic rings. The van der Waals surface area contributed by atoms with Crippen LogP contribution in [0.5, 0.6) is 11.5 Å². The van der Waals surface area contributed by atoms with E-state index in [1.807, 2.05) is 0 Å². The third kappa shape index (κ3) is 5.09. The normalized spacial score (nSPS) is 16.8. The lowest BCUT2D eigenvalue weighted by molar-refractivity contribution is 0.185. The summed E-state index contributed by atoms with van der Waals surface area (Å²) in [5, 5.41) is 0. The summed E-state index contributed by atoms with van der Waals surface area (Å²) in [6.07, 6.45) is 4.93. The van der Waals surface area contributed by atoms with Gasteiger partial charge in [0.25, 0.3) is 0 Å². The molecule has 1 aliphatic heterocycles. The van der Waals surface area contributed by atoms with Gasteiger partial charge < -0.3 is 14.4 Å². The molecule has 0 spiro atoms. The molecule has 2 rings (SSSR count). The van der Waals surface area contributed by atoms with Crippen LogP contribution in [0.1, 0.15) is 32.6 Å². The minimum Gasteiger partial charge on any atom is -0.497 e. The molecule has 1 saturated heterocycles. The highest BCUT2D eigenvalue weighted by atomic mass is 32.2. The number of rotatable bonds is 9. The van der Waals surface area contributed by atoms with Crippen LogP contribution in [0.4, 0.5) is 0 Å². The van der Waals surface area contributed by atoms with Crippen LogP contribution in [0.2, 0.25) is 0 Å². The molecule has 0 radical (unpaired) electrons. The van der Waals surface area contributed by atoms with Gasteiger partial charge in [-0.05, 0) is 25.1 Å². The van der Waals surface area contributed by atoms with Gasteiger partial charge in [-0.1, -0.05) is 26.2 Å². The van der Waals surface area contributed by atoms with Gasteiger partial charge in [0.2, 0.25) is 10.0 Å². The van der Waals surface area contributed by atoms with Crippen LogP contribution < -0.4 is 9.47 Å². The molecule has 0 bridgehead atoms. The summed E-state index contributed by atoms with van der Waals surface area (Å²) < 4.78 is 38.0. The number of nitrogens with zero attached hydrogens (tertiary/aromatic N) is 2. The smallest absolute Gasteiger partial charge is 0.246 e. The molecule has 1 aromatic rings. The van der Waals surface area contributed by atoms with Crippen molar-refractivity contribution < 1.29 is 17.9 Å². The molecule has 1 aromatic carbocycles. The van der Waals surface area contributed by atoms with E-state index in [0.29, 0.717) is 24.6 Å². The molecule has 0 amide bonds. The van der Waals surface area contributed by atoms with E-state index in [1.54, 1.807) is 16.4 Å². The zero-order chi connectivity index (χ0) is 18.3. The summed E-state index contributed by atoms with van der Waals surface area (Å²) in [4.78, 5) is 2.52. The summed E-state index contributed by atoms with van der Waals surface area (Å²) >= 11 is 0. The number of benzene rings is 1. The molecule has 0 saturated carbocycles. The van der Waals surface area contributed by atoms with Gasteiger partial charge in [0.1, 0.15) is 16.4 Å². The third-order valence-electron chi connectivity index (χ3n) is 4.65. The average molecular weight is 371 g/mol. The Labute approximate surface area is 151 Å². The summed E-state index contributed by atoms with van der Waals surface area (Å²) in [6.45, 7) is 5.83. The van der Waals surface area contributed by atoms with Crippen molar-refractivity contribution in [2.75, 3.05) is 46.9 Å². The Bertz CT molecular complexity index is 640. The van der Waals surface area contributed by atoms with Crippen LogP contribution in [0.15, 0.2) is 23.1 Å². The third-order valence-corrected chi connectivity index (χ3v) is 6.57. The number of unbranched alkanes of at least 4 members (excludes halogenated alkanes) is 3. The second kappa shape index (κ2) is 9.40. The van der Waals surface area contributed by atoms with Crippen molar-refractivity contribution in [1.82, 2.24) is 9.21 Å². The van der Waals surface area contributed by atoms with E-state index in [4.69, 9.17) is 9.47 Å².